The first-order chi connectivity index (χ1) is 16.3. The van der Waals surface area contributed by atoms with Crippen molar-refractivity contribution in [2.24, 2.45) is 0 Å². The molecule has 0 aliphatic heterocycles. The first-order valence-corrected chi connectivity index (χ1v) is 11.1. The minimum Gasteiger partial charge on any atom is -0.208 e. The Kier molecular flexibility index (Phi) is 4.82. The van der Waals surface area contributed by atoms with Gasteiger partial charge in [-0.3, -0.25) is 0 Å². The summed E-state index contributed by atoms with van der Waals surface area (Å²) in [7, 11) is 0. The summed E-state index contributed by atoms with van der Waals surface area (Å²) in [5, 5.41) is 4.91. The van der Waals surface area contributed by atoms with Gasteiger partial charge in [0.2, 0.25) is 5.28 Å². The van der Waals surface area contributed by atoms with E-state index in [0.29, 0.717) is 11.6 Å². The molecule has 0 amide bonds. The number of fused-ring (bicyclic) bond motifs is 3. The highest BCUT2D eigenvalue weighted by Gasteiger charge is 2.12. The highest BCUT2D eigenvalue weighted by molar-refractivity contribution is 6.28. The predicted molar refractivity (Wildman–Crippen MR) is 136 cm³/mol. The Hall–Kier alpha value is -4.08. The van der Waals surface area contributed by atoms with Crippen LogP contribution in [0.3, 0.4) is 0 Å². The van der Waals surface area contributed by atoms with Crippen LogP contribution in [0, 0.1) is 0 Å². The molecule has 0 fully saturated rings. The quantitative estimate of drug-likeness (QED) is 0.261. The predicted octanol–water partition coefficient (Wildman–Crippen LogP) is 7.83. The van der Waals surface area contributed by atoms with Crippen molar-refractivity contribution in [1.82, 2.24) is 15.0 Å². The van der Waals surface area contributed by atoms with E-state index in [-0.39, 0.29) is 5.28 Å². The summed E-state index contributed by atoms with van der Waals surface area (Å²) >= 11 is 6.31. The van der Waals surface area contributed by atoms with Crippen LogP contribution in [0.2, 0.25) is 5.28 Å². The van der Waals surface area contributed by atoms with Crippen LogP contribution >= 0.6 is 11.6 Å². The molecule has 6 aromatic rings. The molecular weight excluding hydrogens is 426 g/mol. The molecular formula is C29H18ClN3. The molecule has 1 aromatic heterocycles. The molecule has 5 aromatic carbocycles. The number of nitrogens with zero attached hydrogens (tertiary/aromatic N) is 3. The maximum Gasteiger partial charge on any atom is 0.226 e. The van der Waals surface area contributed by atoms with Gasteiger partial charge in [0.05, 0.1) is 0 Å². The number of aromatic nitrogens is 3. The van der Waals surface area contributed by atoms with Crippen LogP contribution in [0.4, 0.5) is 0 Å². The van der Waals surface area contributed by atoms with Crippen molar-refractivity contribution >= 4 is 33.1 Å². The number of hydrogen-bond donors (Lipinski definition) is 0. The fraction of sp³-hybridized carbons (Fsp3) is 0. The molecule has 156 valence electrons. The minimum absolute atomic E-state index is 0.182. The van der Waals surface area contributed by atoms with Gasteiger partial charge < -0.3 is 0 Å². The van der Waals surface area contributed by atoms with Gasteiger partial charge in [-0.15, -0.1) is 0 Å². The van der Waals surface area contributed by atoms with Crippen molar-refractivity contribution in [3.05, 3.63) is 114 Å². The van der Waals surface area contributed by atoms with Gasteiger partial charge in [-0.2, -0.15) is 9.97 Å². The van der Waals surface area contributed by atoms with E-state index in [9.17, 15) is 0 Å². The average Bonchev–Trinajstić information content (AvgIpc) is 2.88. The van der Waals surface area contributed by atoms with E-state index < -0.39 is 0 Å². The average molecular weight is 444 g/mol. The lowest BCUT2D eigenvalue weighted by molar-refractivity contribution is 1.07. The van der Waals surface area contributed by atoms with Crippen LogP contribution in [0.5, 0.6) is 0 Å². The molecule has 6 rings (SSSR count). The van der Waals surface area contributed by atoms with E-state index in [1.54, 1.807) is 0 Å². The zero-order chi connectivity index (χ0) is 22.2. The molecule has 3 nitrogen and oxygen atoms in total. The third-order valence-electron chi connectivity index (χ3n) is 5.84. The van der Waals surface area contributed by atoms with Crippen molar-refractivity contribution in [3.63, 3.8) is 0 Å². The molecule has 0 unspecified atom stereocenters. The van der Waals surface area contributed by atoms with Crippen molar-refractivity contribution in [2.75, 3.05) is 0 Å². The van der Waals surface area contributed by atoms with Gasteiger partial charge in [-0.05, 0) is 50.3 Å². The smallest absolute Gasteiger partial charge is 0.208 e. The number of benzene rings is 5. The maximum absolute atomic E-state index is 6.31. The van der Waals surface area contributed by atoms with E-state index in [1.165, 1.54) is 21.9 Å². The maximum atomic E-state index is 6.31. The fourth-order valence-corrected chi connectivity index (χ4v) is 4.46. The third-order valence-corrected chi connectivity index (χ3v) is 6.01. The molecule has 33 heavy (non-hydrogen) atoms. The molecule has 0 aliphatic rings. The normalized spacial score (nSPS) is 11.2. The van der Waals surface area contributed by atoms with Gasteiger partial charge in [0.1, 0.15) is 0 Å². The van der Waals surface area contributed by atoms with Gasteiger partial charge >= 0.3 is 0 Å². The molecule has 0 bridgehead atoms. The number of rotatable bonds is 3. The third kappa shape index (κ3) is 3.63. The molecule has 0 atom stereocenters. The van der Waals surface area contributed by atoms with Crippen LogP contribution in [-0.2, 0) is 0 Å². The second-order valence-electron chi connectivity index (χ2n) is 7.89. The molecule has 1 heterocycles. The standard InChI is InChI=1S/C29H18ClN3/c30-29-32-27(22-10-5-2-6-11-22)31-28(33-29)23-17-15-20-14-16-21-12-7-13-24(26(21)25(20)18-23)19-8-3-1-4-9-19/h1-18H. The van der Waals surface area contributed by atoms with Crippen LogP contribution < -0.4 is 0 Å². The van der Waals surface area contributed by atoms with Gasteiger partial charge in [0.25, 0.3) is 0 Å². The van der Waals surface area contributed by atoms with Crippen molar-refractivity contribution < 1.29 is 0 Å². The van der Waals surface area contributed by atoms with E-state index in [1.807, 2.05) is 42.5 Å². The second kappa shape index (κ2) is 8.12. The summed E-state index contributed by atoms with van der Waals surface area (Å²) in [5.74, 6) is 1.12. The topological polar surface area (TPSA) is 38.7 Å². The van der Waals surface area contributed by atoms with E-state index in [4.69, 9.17) is 16.6 Å². The lowest BCUT2D eigenvalue weighted by Crippen LogP contribution is -1.97. The monoisotopic (exact) mass is 443 g/mol. The molecule has 0 radical (unpaired) electrons. The van der Waals surface area contributed by atoms with Crippen LogP contribution in [0.15, 0.2) is 109 Å². The highest BCUT2D eigenvalue weighted by Crippen LogP contribution is 2.36. The summed E-state index contributed by atoms with van der Waals surface area (Å²) < 4.78 is 0. The zero-order valence-electron chi connectivity index (χ0n) is 17.6. The van der Waals surface area contributed by atoms with E-state index >= 15 is 0 Å². The lowest BCUT2D eigenvalue weighted by atomic mass is 9.93. The highest BCUT2D eigenvalue weighted by atomic mass is 35.5. The lowest BCUT2D eigenvalue weighted by Gasteiger charge is -2.12. The van der Waals surface area contributed by atoms with Gasteiger partial charge in [-0.1, -0.05) is 103 Å². The molecule has 0 saturated carbocycles. The summed E-state index contributed by atoms with van der Waals surface area (Å²) in [4.78, 5) is 13.5. The van der Waals surface area contributed by atoms with Crippen LogP contribution in [0.1, 0.15) is 0 Å². The Labute approximate surface area is 196 Å². The molecule has 0 spiro atoms. The van der Waals surface area contributed by atoms with Crippen molar-refractivity contribution in [3.8, 4) is 33.9 Å². The van der Waals surface area contributed by atoms with E-state index in [0.717, 1.165) is 21.9 Å². The first-order valence-electron chi connectivity index (χ1n) is 10.7. The Morgan fingerprint density at radius 3 is 1.88 bits per heavy atom. The second-order valence-corrected chi connectivity index (χ2v) is 8.23. The first kappa shape index (κ1) is 19.6. The Morgan fingerprint density at radius 2 is 1.12 bits per heavy atom. The van der Waals surface area contributed by atoms with Crippen LogP contribution in [-0.4, -0.2) is 15.0 Å². The van der Waals surface area contributed by atoms with Crippen molar-refractivity contribution in [1.29, 1.82) is 0 Å². The number of hydrogen-bond acceptors (Lipinski definition) is 3. The molecule has 4 heteroatoms. The molecule has 0 aliphatic carbocycles. The summed E-state index contributed by atoms with van der Waals surface area (Å²) in [6.07, 6.45) is 0. The molecule has 0 saturated heterocycles. The SMILES string of the molecule is Clc1nc(-c2ccccc2)nc(-c2ccc3ccc4cccc(-c5ccccc5)c4c3c2)n1. The van der Waals surface area contributed by atoms with Gasteiger partial charge in [0.15, 0.2) is 11.6 Å². The Balaban J connectivity index is 1.59. The number of halogens is 1. The summed E-state index contributed by atoms with van der Waals surface area (Å²) in [6.45, 7) is 0. The largest absolute Gasteiger partial charge is 0.226 e. The fourth-order valence-electron chi connectivity index (χ4n) is 4.30. The van der Waals surface area contributed by atoms with E-state index in [2.05, 4.69) is 76.7 Å². The van der Waals surface area contributed by atoms with Gasteiger partial charge in [0, 0.05) is 11.1 Å². The van der Waals surface area contributed by atoms with Gasteiger partial charge in [-0.25, -0.2) is 4.98 Å². The minimum atomic E-state index is 0.182. The Morgan fingerprint density at radius 1 is 0.485 bits per heavy atom. The Bertz CT molecular complexity index is 1610. The van der Waals surface area contributed by atoms with Crippen LogP contribution in [0.25, 0.3) is 55.4 Å². The summed E-state index contributed by atoms with van der Waals surface area (Å²) in [6, 6.07) is 37.4. The zero-order valence-corrected chi connectivity index (χ0v) is 18.4. The summed E-state index contributed by atoms with van der Waals surface area (Å²) in [5.41, 5.74) is 4.20. The van der Waals surface area contributed by atoms with Crippen molar-refractivity contribution in [2.45, 2.75) is 0 Å². The molecule has 0 N–H and O–H groups in total.